The van der Waals surface area contributed by atoms with E-state index in [0.29, 0.717) is 17.5 Å². The summed E-state index contributed by atoms with van der Waals surface area (Å²) in [5, 5.41) is 18.0. The summed E-state index contributed by atoms with van der Waals surface area (Å²) in [6, 6.07) is 3.83. The molecule has 0 radical (unpaired) electrons. The maximum absolute atomic E-state index is 13.0. The molecular weight excluding hydrogens is 348 g/mol. The quantitative estimate of drug-likeness (QED) is 0.767. The summed E-state index contributed by atoms with van der Waals surface area (Å²) in [7, 11) is 0. The molecule has 132 valence electrons. The van der Waals surface area contributed by atoms with Crippen LogP contribution in [0.5, 0.6) is 0 Å². The third-order valence-electron chi connectivity index (χ3n) is 4.23. The summed E-state index contributed by atoms with van der Waals surface area (Å²) >= 11 is 1.61. The van der Waals surface area contributed by atoms with Crippen molar-refractivity contribution in [3.05, 3.63) is 29.0 Å². The first-order valence-corrected chi connectivity index (χ1v) is 8.92. The molecule has 3 aromatic rings. The lowest BCUT2D eigenvalue weighted by Crippen LogP contribution is -2.39. The van der Waals surface area contributed by atoms with Gasteiger partial charge < -0.3 is 10.2 Å². The lowest BCUT2D eigenvalue weighted by Gasteiger charge is -2.32. The molecule has 1 aliphatic rings. The van der Waals surface area contributed by atoms with Crippen LogP contribution in [0.4, 0.5) is 19.7 Å². The molecule has 0 aromatic carbocycles. The fourth-order valence-electron chi connectivity index (χ4n) is 2.95. The van der Waals surface area contributed by atoms with Crippen LogP contribution in [0, 0.1) is 6.92 Å². The van der Waals surface area contributed by atoms with Crippen molar-refractivity contribution in [3.63, 3.8) is 0 Å². The third-order valence-corrected chi connectivity index (χ3v) is 5.12. The van der Waals surface area contributed by atoms with E-state index in [0.717, 1.165) is 41.3 Å². The Morgan fingerprint density at radius 2 is 2.04 bits per heavy atom. The van der Waals surface area contributed by atoms with Gasteiger partial charge in [0, 0.05) is 24.5 Å². The van der Waals surface area contributed by atoms with Crippen molar-refractivity contribution in [2.45, 2.75) is 32.2 Å². The second kappa shape index (κ2) is 6.51. The minimum atomic E-state index is -2.70. The molecule has 0 saturated carbocycles. The highest BCUT2D eigenvalue weighted by atomic mass is 32.1. The van der Waals surface area contributed by atoms with Crippen molar-refractivity contribution in [2.24, 2.45) is 0 Å². The molecule has 3 aromatic heterocycles. The van der Waals surface area contributed by atoms with Crippen LogP contribution in [0.1, 0.15) is 30.8 Å². The first kappa shape index (κ1) is 16.1. The van der Waals surface area contributed by atoms with E-state index in [-0.39, 0.29) is 0 Å². The van der Waals surface area contributed by atoms with Gasteiger partial charge in [0.1, 0.15) is 5.82 Å². The second-order valence-corrected chi connectivity index (χ2v) is 6.88. The standard InChI is InChI=1S/C15H17F2N7S/c1-9-8-25-15(18-9)19-10-4-6-23(7-5-10)12-3-2-11-20-21-14(13(16)17)24(11)22-12/h2-3,8,10,13H,4-7H2,1H3,(H,18,19). The highest BCUT2D eigenvalue weighted by molar-refractivity contribution is 7.13. The number of halogens is 2. The van der Waals surface area contributed by atoms with E-state index in [2.05, 4.69) is 30.5 Å². The van der Waals surface area contributed by atoms with Gasteiger partial charge >= 0.3 is 0 Å². The number of anilines is 2. The molecule has 0 bridgehead atoms. The minimum absolute atomic E-state index is 0.328. The molecule has 10 heteroatoms. The number of alkyl halides is 2. The van der Waals surface area contributed by atoms with E-state index >= 15 is 0 Å². The Hall–Kier alpha value is -2.36. The monoisotopic (exact) mass is 365 g/mol. The molecule has 0 amide bonds. The highest BCUT2D eigenvalue weighted by Gasteiger charge is 2.22. The van der Waals surface area contributed by atoms with E-state index in [4.69, 9.17) is 0 Å². The van der Waals surface area contributed by atoms with Crippen LogP contribution in [-0.4, -0.2) is 43.9 Å². The van der Waals surface area contributed by atoms with Gasteiger partial charge in [0.2, 0.25) is 5.82 Å². The van der Waals surface area contributed by atoms with Crippen LogP contribution in [0.3, 0.4) is 0 Å². The summed E-state index contributed by atoms with van der Waals surface area (Å²) < 4.78 is 27.1. The van der Waals surface area contributed by atoms with E-state index in [1.165, 1.54) is 0 Å². The number of nitrogens with zero attached hydrogens (tertiary/aromatic N) is 6. The van der Waals surface area contributed by atoms with Gasteiger partial charge in [0.25, 0.3) is 6.43 Å². The Morgan fingerprint density at radius 3 is 2.72 bits per heavy atom. The van der Waals surface area contributed by atoms with Crippen LogP contribution in [0.25, 0.3) is 5.65 Å². The smallest absolute Gasteiger partial charge is 0.299 e. The first-order chi connectivity index (χ1) is 12.1. The van der Waals surface area contributed by atoms with Crippen molar-refractivity contribution in [2.75, 3.05) is 23.3 Å². The molecule has 1 fully saturated rings. The maximum Gasteiger partial charge on any atom is 0.299 e. The fraction of sp³-hybridized carbons (Fsp3) is 0.467. The number of piperidine rings is 1. The Bertz CT molecular complexity index is 870. The van der Waals surface area contributed by atoms with Gasteiger partial charge in [0.15, 0.2) is 10.8 Å². The molecule has 4 rings (SSSR count). The zero-order valence-corrected chi connectivity index (χ0v) is 14.4. The highest BCUT2D eigenvalue weighted by Crippen LogP contribution is 2.24. The number of thiazole rings is 1. The van der Waals surface area contributed by atoms with Crippen molar-refractivity contribution in [1.29, 1.82) is 0 Å². The van der Waals surface area contributed by atoms with Crippen molar-refractivity contribution >= 4 is 27.9 Å². The summed E-state index contributed by atoms with van der Waals surface area (Å²) in [5.41, 5.74) is 1.35. The van der Waals surface area contributed by atoms with Crippen molar-refractivity contribution in [3.8, 4) is 0 Å². The van der Waals surface area contributed by atoms with Gasteiger partial charge in [-0.25, -0.2) is 13.8 Å². The Morgan fingerprint density at radius 1 is 1.24 bits per heavy atom. The van der Waals surface area contributed by atoms with Crippen LogP contribution >= 0.6 is 11.3 Å². The summed E-state index contributed by atoms with van der Waals surface area (Å²) in [6.07, 6.45) is -0.834. The topological polar surface area (TPSA) is 71.2 Å². The van der Waals surface area contributed by atoms with Gasteiger partial charge in [-0.1, -0.05) is 0 Å². The van der Waals surface area contributed by atoms with Crippen molar-refractivity contribution < 1.29 is 8.78 Å². The molecule has 7 nitrogen and oxygen atoms in total. The third kappa shape index (κ3) is 3.26. The van der Waals surface area contributed by atoms with E-state index in [9.17, 15) is 8.78 Å². The molecule has 0 aliphatic carbocycles. The Balaban J connectivity index is 1.45. The Kier molecular flexibility index (Phi) is 4.20. The van der Waals surface area contributed by atoms with E-state index in [1.54, 1.807) is 23.5 Å². The van der Waals surface area contributed by atoms with Crippen LogP contribution in [0.2, 0.25) is 0 Å². The molecule has 0 unspecified atom stereocenters. The minimum Gasteiger partial charge on any atom is -0.359 e. The number of rotatable bonds is 4. The first-order valence-electron chi connectivity index (χ1n) is 8.04. The normalized spacial score (nSPS) is 16.1. The zero-order valence-electron chi connectivity index (χ0n) is 13.6. The predicted octanol–water partition coefficient (Wildman–Crippen LogP) is 2.91. The zero-order chi connectivity index (χ0) is 17.4. The van der Waals surface area contributed by atoms with E-state index in [1.807, 2.05) is 12.3 Å². The summed E-state index contributed by atoms with van der Waals surface area (Å²) in [4.78, 5) is 6.53. The molecule has 4 heterocycles. The number of fused-ring (bicyclic) bond motifs is 1. The molecule has 1 saturated heterocycles. The lowest BCUT2D eigenvalue weighted by atomic mass is 10.1. The predicted molar refractivity (Wildman–Crippen MR) is 91.4 cm³/mol. The average molecular weight is 365 g/mol. The largest absolute Gasteiger partial charge is 0.359 e. The molecule has 0 spiro atoms. The van der Waals surface area contributed by atoms with Gasteiger partial charge in [0.05, 0.1) is 5.69 Å². The molecular formula is C15H17F2N7S. The van der Waals surface area contributed by atoms with Crippen molar-refractivity contribution in [1.82, 2.24) is 24.8 Å². The maximum atomic E-state index is 13.0. The average Bonchev–Trinajstić information content (AvgIpc) is 3.21. The Labute approximate surface area is 146 Å². The number of nitrogens with one attached hydrogen (secondary N) is 1. The number of hydrogen-bond acceptors (Lipinski definition) is 7. The van der Waals surface area contributed by atoms with Gasteiger partial charge in [-0.3, -0.25) is 0 Å². The molecule has 1 N–H and O–H groups in total. The van der Waals surface area contributed by atoms with Gasteiger partial charge in [-0.15, -0.1) is 26.6 Å². The van der Waals surface area contributed by atoms with Crippen LogP contribution in [-0.2, 0) is 0 Å². The second-order valence-electron chi connectivity index (χ2n) is 6.02. The van der Waals surface area contributed by atoms with Crippen LogP contribution in [0.15, 0.2) is 17.5 Å². The SMILES string of the molecule is Cc1csc(NC2CCN(c3ccc4nnc(C(F)F)n4n3)CC2)n1. The summed E-state index contributed by atoms with van der Waals surface area (Å²) in [6.45, 7) is 3.57. The molecule has 1 aliphatic heterocycles. The molecule has 0 atom stereocenters. The van der Waals surface area contributed by atoms with Crippen LogP contribution < -0.4 is 10.2 Å². The summed E-state index contributed by atoms with van der Waals surface area (Å²) in [5.74, 6) is 0.241. The van der Waals surface area contributed by atoms with E-state index < -0.39 is 12.2 Å². The van der Waals surface area contributed by atoms with Gasteiger partial charge in [-0.05, 0) is 31.9 Å². The lowest BCUT2D eigenvalue weighted by molar-refractivity contribution is 0.137. The number of aryl methyl sites for hydroxylation is 1. The molecule has 25 heavy (non-hydrogen) atoms. The fourth-order valence-corrected chi connectivity index (χ4v) is 3.71. The number of aromatic nitrogens is 5. The van der Waals surface area contributed by atoms with Gasteiger partial charge in [-0.2, -0.15) is 4.52 Å². The number of hydrogen-bond donors (Lipinski definition) is 1.